The summed E-state index contributed by atoms with van der Waals surface area (Å²) in [4.78, 5) is 16.6. The van der Waals surface area contributed by atoms with Gasteiger partial charge < -0.3 is 5.32 Å². The van der Waals surface area contributed by atoms with Crippen LogP contribution in [0.15, 0.2) is 71.9 Å². The van der Waals surface area contributed by atoms with Gasteiger partial charge >= 0.3 is 0 Å². The van der Waals surface area contributed by atoms with E-state index in [1.165, 1.54) is 12.1 Å². The van der Waals surface area contributed by atoms with Gasteiger partial charge in [-0.3, -0.25) is 9.78 Å². The second-order valence-electron chi connectivity index (χ2n) is 6.95. The summed E-state index contributed by atoms with van der Waals surface area (Å²) in [5, 5.41) is 3.51. The Morgan fingerprint density at radius 1 is 1.03 bits per heavy atom. The van der Waals surface area contributed by atoms with Crippen molar-refractivity contribution in [3.05, 3.63) is 93.7 Å². The Labute approximate surface area is 191 Å². The van der Waals surface area contributed by atoms with E-state index >= 15 is 0 Å². The molecule has 0 aliphatic rings. The predicted octanol–water partition coefficient (Wildman–Crippen LogP) is 4.20. The van der Waals surface area contributed by atoms with Crippen molar-refractivity contribution >= 4 is 39.1 Å². The lowest BCUT2D eigenvalue weighted by molar-refractivity contribution is -0.121. The van der Waals surface area contributed by atoms with Crippen LogP contribution in [-0.4, -0.2) is 30.2 Å². The maximum Gasteiger partial charge on any atom is 0.243 e. The molecule has 0 aliphatic heterocycles. The molecule has 0 unspecified atom stereocenters. The van der Waals surface area contributed by atoms with Crippen LogP contribution in [0.5, 0.6) is 0 Å². The minimum Gasteiger partial charge on any atom is -0.351 e. The second kappa shape index (κ2) is 10.2. The summed E-state index contributed by atoms with van der Waals surface area (Å²) in [5.41, 5.74) is 2.34. The van der Waals surface area contributed by atoms with Gasteiger partial charge in [0.1, 0.15) is 0 Å². The standard InChI is InChI=1S/C22H21Cl2N3O3S/c1-16-2-6-20(7-3-16)31(29,30)27(14-18-4-5-19(23)12-21(18)24)15-22(28)26-13-17-8-10-25-11-9-17/h2-12H,13-15H2,1H3,(H,26,28). The molecule has 0 atom stereocenters. The molecule has 3 aromatic rings. The van der Waals surface area contributed by atoms with Crippen molar-refractivity contribution in [2.45, 2.75) is 24.9 Å². The Kier molecular flexibility index (Phi) is 7.67. The number of pyridine rings is 1. The first kappa shape index (κ1) is 23.2. The van der Waals surface area contributed by atoms with Crippen LogP contribution in [0.2, 0.25) is 10.0 Å². The van der Waals surface area contributed by atoms with Gasteiger partial charge in [0.05, 0.1) is 11.4 Å². The molecule has 31 heavy (non-hydrogen) atoms. The molecule has 6 nitrogen and oxygen atoms in total. The molecule has 1 aromatic heterocycles. The van der Waals surface area contributed by atoms with Crippen molar-refractivity contribution in [3.63, 3.8) is 0 Å². The first-order valence-electron chi connectivity index (χ1n) is 9.42. The van der Waals surface area contributed by atoms with Crippen LogP contribution in [0, 0.1) is 6.92 Å². The number of nitrogens with one attached hydrogen (secondary N) is 1. The van der Waals surface area contributed by atoms with Gasteiger partial charge in [0.25, 0.3) is 0 Å². The third-order valence-electron chi connectivity index (χ3n) is 4.58. The second-order valence-corrected chi connectivity index (χ2v) is 9.74. The van der Waals surface area contributed by atoms with E-state index in [0.29, 0.717) is 15.6 Å². The van der Waals surface area contributed by atoms with E-state index in [0.717, 1.165) is 15.4 Å². The third kappa shape index (κ3) is 6.27. The average molecular weight is 478 g/mol. The van der Waals surface area contributed by atoms with Crippen molar-refractivity contribution < 1.29 is 13.2 Å². The Morgan fingerprint density at radius 2 is 1.71 bits per heavy atom. The molecule has 0 aliphatic carbocycles. The van der Waals surface area contributed by atoms with Gasteiger partial charge in [-0.2, -0.15) is 4.31 Å². The molecule has 0 saturated carbocycles. The van der Waals surface area contributed by atoms with Crippen LogP contribution in [0.3, 0.4) is 0 Å². The fourth-order valence-electron chi connectivity index (χ4n) is 2.84. The summed E-state index contributed by atoms with van der Waals surface area (Å²) in [6, 6.07) is 14.8. The number of carbonyl (C=O) groups is 1. The highest BCUT2D eigenvalue weighted by Crippen LogP contribution is 2.25. The Balaban J connectivity index is 1.84. The Morgan fingerprint density at radius 3 is 2.35 bits per heavy atom. The fourth-order valence-corrected chi connectivity index (χ4v) is 4.69. The van der Waals surface area contributed by atoms with Gasteiger partial charge in [-0.05, 0) is 54.4 Å². The van der Waals surface area contributed by atoms with Crippen molar-refractivity contribution in [3.8, 4) is 0 Å². The molecular formula is C22H21Cl2N3O3S. The molecule has 0 bridgehead atoms. The van der Waals surface area contributed by atoms with Crippen LogP contribution in [0.25, 0.3) is 0 Å². The molecule has 1 heterocycles. The number of carbonyl (C=O) groups excluding carboxylic acids is 1. The molecule has 9 heteroatoms. The number of hydrogen-bond donors (Lipinski definition) is 1. The summed E-state index contributed by atoms with van der Waals surface area (Å²) in [5.74, 6) is -0.433. The lowest BCUT2D eigenvalue weighted by atomic mass is 10.2. The minimum atomic E-state index is -3.95. The van der Waals surface area contributed by atoms with Gasteiger partial charge in [0.15, 0.2) is 0 Å². The van der Waals surface area contributed by atoms with Crippen LogP contribution in [0.1, 0.15) is 16.7 Å². The number of halogens is 2. The molecule has 162 valence electrons. The van der Waals surface area contributed by atoms with E-state index in [2.05, 4.69) is 10.3 Å². The van der Waals surface area contributed by atoms with Crippen LogP contribution >= 0.6 is 23.2 Å². The van der Waals surface area contributed by atoms with Gasteiger partial charge in [-0.1, -0.05) is 47.0 Å². The Hall–Kier alpha value is -2.45. The smallest absolute Gasteiger partial charge is 0.243 e. The van der Waals surface area contributed by atoms with Gasteiger partial charge in [-0.15, -0.1) is 0 Å². The van der Waals surface area contributed by atoms with Gasteiger partial charge in [0, 0.05) is 35.5 Å². The Bertz CT molecular complexity index is 1150. The first-order chi connectivity index (χ1) is 14.8. The van der Waals surface area contributed by atoms with Crippen LogP contribution in [0.4, 0.5) is 0 Å². The molecule has 2 aromatic carbocycles. The number of rotatable bonds is 8. The van der Waals surface area contributed by atoms with Crippen molar-refractivity contribution in [1.29, 1.82) is 0 Å². The summed E-state index contributed by atoms with van der Waals surface area (Å²) in [7, 11) is -3.95. The van der Waals surface area contributed by atoms with Gasteiger partial charge in [-0.25, -0.2) is 8.42 Å². The zero-order valence-electron chi connectivity index (χ0n) is 16.8. The highest BCUT2D eigenvalue weighted by Gasteiger charge is 2.27. The van der Waals surface area contributed by atoms with Crippen molar-refractivity contribution in [2.75, 3.05) is 6.54 Å². The molecule has 1 amide bonds. The quantitative estimate of drug-likeness (QED) is 0.526. The molecule has 0 fully saturated rings. The molecule has 0 saturated heterocycles. The number of nitrogens with zero attached hydrogens (tertiary/aromatic N) is 2. The highest BCUT2D eigenvalue weighted by molar-refractivity contribution is 7.89. The average Bonchev–Trinajstić information content (AvgIpc) is 2.74. The zero-order chi connectivity index (χ0) is 22.4. The zero-order valence-corrected chi connectivity index (χ0v) is 19.1. The normalized spacial score (nSPS) is 11.5. The van der Waals surface area contributed by atoms with Crippen LogP contribution < -0.4 is 5.32 Å². The van der Waals surface area contributed by atoms with E-state index in [4.69, 9.17) is 23.2 Å². The predicted molar refractivity (Wildman–Crippen MR) is 121 cm³/mol. The maximum absolute atomic E-state index is 13.3. The van der Waals surface area contributed by atoms with E-state index in [-0.39, 0.29) is 24.5 Å². The number of sulfonamides is 1. The van der Waals surface area contributed by atoms with E-state index < -0.39 is 15.9 Å². The molecule has 1 N–H and O–H groups in total. The molecular weight excluding hydrogens is 457 g/mol. The molecule has 0 spiro atoms. The van der Waals surface area contributed by atoms with Gasteiger partial charge in [0.2, 0.25) is 15.9 Å². The summed E-state index contributed by atoms with van der Waals surface area (Å²) in [6.07, 6.45) is 3.25. The van der Waals surface area contributed by atoms with Crippen LogP contribution in [-0.2, 0) is 27.9 Å². The summed E-state index contributed by atoms with van der Waals surface area (Å²) < 4.78 is 27.7. The van der Waals surface area contributed by atoms with Crippen molar-refractivity contribution in [1.82, 2.24) is 14.6 Å². The number of amides is 1. The SMILES string of the molecule is Cc1ccc(S(=O)(=O)N(CC(=O)NCc2ccncc2)Cc2ccc(Cl)cc2Cl)cc1. The molecule has 0 radical (unpaired) electrons. The minimum absolute atomic E-state index is 0.0745. The lowest BCUT2D eigenvalue weighted by Gasteiger charge is -2.22. The number of aromatic nitrogens is 1. The number of aryl methyl sites for hydroxylation is 1. The largest absolute Gasteiger partial charge is 0.351 e. The topological polar surface area (TPSA) is 79.4 Å². The monoisotopic (exact) mass is 477 g/mol. The third-order valence-corrected chi connectivity index (χ3v) is 6.97. The van der Waals surface area contributed by atoms with E-state index in [1.807, 2.05) is 6.92 Å². The first-order valence-corrected chi connectivity index (χ1v) is 11.6. The lowest BCUT2D eigenvalue weighted by Crippen LogP contribution is -2.40. The summed E-state index contributed by atoms with van der Waals surface area (Å²) in [6.45, 7) is 1.70. The van der Waals surface area contributed by atoms with E-state index in [1.54, 1.807) is 54.9 Å². The van der Waals surface area contributed by atoms with Crippen molar-refractivity contribution in [2.24, 2.45) is 0 Å². The maximum atomic E-state index is 13.3. The fraction of sp³-hybridized carbons (Fsp3) is 0.182. The summed E-state index contributed by atoms with van der Waals surface area (Å²) >= 11 is 12.2. The highest BCUT2D eigenvalue weighted by atomic mass is 35.5. The number of hydrogen-bond acceptors (Lipinski definition) is 4. The molecule has 3 rings (SSSR count). The number of benzene rings is 2. The van der Waals surface area contributed by atoms with E-state index in [9.17, 15) is 13.2 Å².